The number of hydrogen-bond acceptors (Lipinski definition) is 5. The van der Waals surface area contributed by atoms with E-state index in [1.807, 2.05) is 30.3 Å². The first-order chi connectivity index (χ1) is 15.6. The third kappa shape index (κ3) is 3.85. The van der Waals surface area contributed by atoms with Crippen LogP contribution < -0.4 is 24.0 Å². The number of benzene rings is 3. The van der Waals surface area contributed by atoms with Gasteiger partial charge in [0.15, 0.2) is 0 Å². The average molecular weight is 432 g/mol. The van der Waals surface area contributed by atoms with Crippen LogP contribution in [0.25, 0.3) is 0 Å². The van der Waals surface area contributed by atoms with Crippen molar-refractivity contribution in [3.8, 4) is 17.2 Å². The summed E-state index contributed by atoms with van der Waals surface area (Å²) in [5.41, 5.74) is 1.86. The van der Waals surface area contributed by atoms with Crippen LogP contribution in [0.4, 0.5) is 11.4 Å². The molecule has 2 amide bonds. The van der Waals surface area contributed by atoms with Gasteiger partial charge < -0.3 is 14.2 Å². The number of carbonyl (C=O) groups is 2. The number of hydrogen-bond donors (Lipinski definition) is 0. The summed E-state index contributed by atoms with van der Waals surface area (Å²) in [7, 11) is 4.66. The molecule has 1 saturated heterocycles. The van der Waals surface area contributed by atoms with Gasteiger partial charge in [-0.05, 0) is 42.0 Å². The van der Waals surface area contributed by atoms with E-state index in [1.165, 1.54) is 12.0 Å². The van der Waals surface area contributed by atoms with Crippen LogP contribution in [0.5, 0.6) is 17.2 Å². The van der Waals surface area contributed by atoms with E-state index in [9.17, 15) is 9.59 Å². The molecule has 0 bridgehead atoms. The highest BCUT2D eigenvalue weighted by Gasteiger charge is 2.42. The van der Waals surface area contributed by atoms with Crippen molar-refractivity contribution >= 4 is 23.2 Å². The van der Waals surface area contributed by atoms with Crippen LogP contribution in [0.1, 0.15) is 11.6 Å². The Bertz CT molecular complexity index is 1110. The second-order valence-electron chi connectivity index (χ2n) is 7.24. The van der Waals surface area contributed by atoms with Crippen molar-refractivity contribution in [1.82, 2.24) is 0 Å². The van der Waals surface area contributed by atoms with Gasteiger partial charge in [-0.3, -0.25) is 19.4 Å². The largest absolute Gasteiger partial charge is 0.497 e. The first-order valence-electron chi connectivity index (χ1n) is 10.1. The molecule has 1 aliphatic heterocycles. The topological polar surface area (TPSA) is 68.3 Å². The second kappa shape index (κ2) is 9.01. The highest BCUT2D eigenvalue weighted by atomic mass is 16.5. The molecule has 0 radical (unpaired) electrons. The van der Waals surface area contributed by atoms with Crippen LogP contribution in [0.3, 0.4) is 0 Å². The molecule has 164 valence electrons. The molecule has 1 aliphatic rings. The van der Waals surface area contributed by atoms with Crippen molar-refractivity contribution in [3.63, 3.8) is 0 Å². The molecule has 0 aromatic heterocycles. The Morgan fingerprint density at radius 3 is 2.06 bits per heavy atom. The van der Waals surface area contributed by atoms with Gasteiger partial charge in [0.05, 0.1) is 27.0 Å². The Balaban J connectivity index is 1.80. The SMILES string of the molecule is COc1ccc(N2C(=O)CN(c3ccc(OC)cc3OC)C(=O)[C@@H]2c2ccccc2)cc1. The van der Waals surface area contributed by atoms with Gasteiger partial charge in [-0.2, -0.15) is 0 Å². The van der Waals surface area contributed by atoms with Crippen LogP contribution in [0, 0.1) is 0 Å². The van der Waals surface area contributed by atoms with Gasteiger partial charge >= 0.3 is 0 Å². The predicted octanol–water partition coefficient (Wildman–Crippen LogP) is 3.83. The average Bonchev–Trinajstić information content (AvgIpc) is 2.85. The highest BCUT2D eigenvalue weighted by molar-refractivity contribution is 6.15. The summed E-state index contributed by atoms with van der Waals surface area (Å²) in [4.78, 5) is 30.3. The van der Waals surface area contributed by atoms with Crippen LogP contribution in [-0.2, 0) is 9.59 Å². The van der Waals surface area contributed by atoms with Gasteiger partial charge in [0, 0.05) is 11.8 Å². The molecular weight excluding hydrogens is 408 g/mol. The number of rotatable bonds is 6. The lowest BCUT2D eigenvalue weighted by atomic mass is 9.99. The number of ether oxygens (including phenoxy) is 3. The molecule has 0 N–H and O–H groups in total. The summed E-state index contributed by atoms with van der Waals surface area (Å²) in [5.74, 6) is 1.29. The summed E-state index contributed by atoms with van der Waals surface area (Å²) in [5, 5.41) is 0. The van der Waals surface area contributed by atoms with Crippen LogP contribution in [-0.4, -0.2) is 39.7 Å². The van der Waals surface area contributed by atoms with Crippen molar-refractivity contribution in [2.45, 2.75) is 6.04 Å². The van der Waals surface area contributed by atoms with E-state index < -0.39 is 6.04 Å². The van der Waals surface area contributed by atoms with Crippen LogP contribution in [0.2, 0.25) is 0 Å². The molecule has 1 atom stereocenters. The van der Waals surface area contributed by atoms with Gasteiger partial charge in [0.1, 0.15) is 29.8 Å². The molecule has 3 aromatic rings. The predicted molar refractivity (Wildman–Crippen MR) is 122 cm³/mol. The van der Waals surface area contributed by atoms with Gasteiger partial charge in [0.2, 0.25) is 5.91 Å². The lowest BCUT2D eigenvalue weighted by Gasteiger charge is -2.40. The molecule has 7 heteroatoms. The molecule has 1 heterocycles. The molecular formula is C25H24N2O5. The van der Waals surface area contributed by atoms with Crippen LogP contribution >= 0.6 is 0 Å². The minimum absolute atomic E-state index is 0.114. The Kier molecular flexibility index (Phi) is 5.98. The fourth-order valence-corrected chi connectivity index (χ4v) is 3.87. The quantitative estimate of drug-likeness (QED) is 0.592. The van der Waals surface area contributed by atoms with Crippen molar-refractivity contribution in [1.29, 1.82) is 0 Å². The van der Waals surface area contributed by atoms with Gasteiger partial charge in [-0.15, -0.1) is 0 Å². The number of nitrogens with zero attached hydrogens (tertiary/aromatic N) is 2. The molecule has 32 heavy (non-hydrogen) atoms. The number of carbonyl (C=O) groups excluding carboxylic acids is 2. The van der Waals surface area contributed by atoms with Gasteiger partial charge in [-0.25, -0.2) is 0 Å². The third-order valence-electron chi connectivity index (χ3n) is 5.46. The highest BCUT2D eigenvalue weighted by Crippen LogP contribution is 2.39. The van der Waals surface area contributed by atoms with E-state index >= 15 is 0 Å². The van der Waals surface area contributed by atoms with Crippen LogP contribution in [0.15, 0.2) is 72.8 Å². The minimum Gasteiger partial charge on any atom is -0.497 e. The molecule has 0 spiro atoms. The zero-order valence-electron chi connectivity index (χ0n) is 18.1. The maximum absolute atomic E-state index is 13.8. The minimum atomic E-state index is -0.822. The lowest BCUT2D eigenvalue weighted by molar-refractivity contribution is -0.128. The van der Waals surface area contributed by atoms with E-state index in [4.69, 9.17) is 14.2 Å². The number of methoxy groups -OCH3 is 3. The zero-order valence-corrected chi connectivity index (χ0v) is 18.1. The maximum Gasteiger partial charge on any atom is 0.255 e. The summed E-state index contributed by atoms with van der Waals surface area (Å²) in [6.07, 6.45) is 0. The van der Waals surface area contributed by atoms with E-state index in [2.05, 4.69) is 0 Å². The Hall–Kier alpha value is -4.00. The first-order valence-corrected chi connectivity index (χ1v) is 10.1. The molecule has 1 fully saturated rings. The van der Waals surface area contributed by atoms with Gasteiger partial charge in [-0.1, -0.05) is 30.3 Å². The Morgan fingerprint density at radius 1 is 0.781 bits per heavy atom. The monoisotopic (exact) mass is 432 g/mol. The molecule has 0 saturated carbocycles. The van der Waals surface area contributed by atoms with Crippen molar-refractivity contribution in [2.75, 3.05) is 37.7 Å². The Labute approximate surface area is 186 Å². The Morgan fingerprint density at radius 2 is 1.44 bits per heavy atom. The van der Waals surface area contributed by atoms with E-state index in [1.54, 1.807) is 61.6 Å². The third-order valence-corrected chi connectivity index (χ3v) is 5.46. The first kappa shape index (κ1) is 21.2. The summed E-state index contributed by atoms with van der Waals surface area (Å²) >= 11 is 0. The summed E-state index contributed by atoms with van der Waals surface area (Å²) in [6.45, 7) is -0.114. The van der Waals surface area contributed by atoms with E-state index in [0.717, 1.165) is 5.56 Å². The molecule has 3 aromatic carbocycles. The van der Waals surface area contributed by atoms with E-state index in [-0.39, 0.29) is 18.4 Å². The molecule has 0 unspecified atom stereocenters. The number of anilines is 2. The summed E-state index contributed by atoms with van der Waals surface area (Å²) < 4.78 is 16.0. The zero-order chi connectivity index (χ0) is 22.7. The summed E-state index contributed by atoms with van der Waals surface area (Å²) in [6, 6.07) is 20.7. The smallest absolute Gasteiger partial charge is 0.255 e. The standard InChI is InChI=1S/C25H24N2O5/c1-30-19-11-9-18(10-12-19)27-23(28)16-26(21-14-13-20(31-2)15-22(21)32-3)25(29)24(27)17-7-5-4-6-8-17/h4-15,24H,16H2,1-3H3/t24-/m0/s1. The van der Waals surface area contributed by atoms with Gasteiger partial charge in [0.25, 0.3) is 5.91 Å². The molecule has 0 aliphatic carbocycles. The van der Waals surface area contributed by atoms with Crippen molar-refractivity contribution in [2.24, 2.45) is 0 Å². The fraction of sp³-hybridized carbons (Fsp3) is 0.200. The maximum atomic E-state index is 13.8. The van der Waals surface area contributed by atoms with Crippen molar-refractivity contribution < 1.29 is 23.8 Å². The normalized spacial score (nSPS) is 16.2. The number of piperazine rings is 1. The lowest BCUT2D eigenvalue weighted by Crippen LogP contribution is -2.56. The second-order valence-corrected chi connectivity index (χ2v) is 7.24. The fourth-order valence-electron chi connectivity index (χ4n) is 3.87. The van der Waals surface area contributed by atoms with Crippen molar-refractivity contribution in [3.05, 3.63) is 78.4 Å². The molecule has 4 rings (SSSR count). The molecule has 7 nitrogen and oxygen atoms in total. The number of amides is 2. The van der Waals surface area contributed by atoms with E-state index in [0.29, 0.717) is 28.6 Å².